The van der Waals surface area contributed by atoms with E-state index in [1.54, 1.807) is 24.3 Å². The Bertz CT molecular complexity index is 316. The summed E-state index contributed by atoms with van der Waals surface area (Å²) in [7, 11) is 0. The summed E-state index contributed by atoms with van der Waals surface area (Å²) in [6, 6.07) is 7.99. The van der Waals surface area contributed by atoms with Gasteiger partial charge in [-0.25, -0.2) is 0 Å². The van der Waals surface area contributed by atoms with Crippen molar-refractivity contribution >= 4 is 12.6 Å². The van der Waals surface area contributed by atoms with E-state index < -0.39 is 11.6 Å². The SMILES string of the molecule is NC(c1ccccc1)C(N)(C=O)C=O. The van der Waals surface area contributed by atoms with Gasteiger partial charge in [-0.1, -0.05) is 30.3 Å². The molecular weight excluding hydrogens is 180 g/mol. The Hall–Kier alpha value is -1.52. The van der Waals surface area contributed by atoms with E-state index in [0.29, 0.717) is 18.1 Å². The van der Waals surface area contributed by atoms with Crippen LogP contribution in [0, 0.1) is 0 Å². The molecule has 1 atom stereocenters. The molecule has 1 aromatic rings. The lowest BCUT2D eigenvalue weighted by Gasteiger charge is -2.23. The molecule has 0 bridgehead atoms. The van der Waals surface area contributed by atoms with Crippen LogP contribution in [-0.4, -0.2) is 18.1 Å². The molecule has 0 saturated carbocycles. The topological polar surface area (TPSA) is 86.2 Å². The Morgan fingerprint density at radius 3 is 2.07 bits per heavy atom. The molecule has 0 spiro atoms. The van der Waals surface area contributed by atoms with Crippen LogP contribution in [0.25, 0.3) is 0 Å². The van der Waals surface area contributed by atoms with Gasteiger partial charge < -0.3 is 21.1 Å². The molecule has 0 fully saturated rings. The van der Waals surface area contributed by atoms with Crippen LogP contribution in [0.5, 0.6) is 0 Å². The number of hydrogen-bond donors (Lipinski definition) is 2. The number of carbonyl (C=O) groups is 2. The van der Waals surface area contributed by atoms with Crippen molar-refractivity contribution in [3.63, 3.8) is 0 Å². The summed E-state index contributed by atoms with van der Waals surface area (Å²) in [4.78, 5) is 21.3. The normalized spacial score (nSPS) is 13.3. The Morgan fingerprint density at radius 1 is 1.14 bits per heavy atom. The fraction of sp³-hybridized carbons (Fsp3) is 0.200. The van der Waals surface area contributed by atoms with Crippen LogP contribution in [0.4, 0.5) is 0 Å². The zero-order valence-electron chi connectivity index (χ0n) is 7.59. The van der Waals surface area contributed by atoms with Crippen molar-refractivity contribution in [3.05, 3.63) is 35.9 Å². The third-order valence-corrected chi connectivity index (χ3v) is 2.11. The average molecular weight is 192 g/mol. The first-order valence-corrected chi connectivity index (χ1v) is 4.16. The molecule has 0 heterocycles. The minimum absolute atomic E-state index is 0.373. The predicted octanol–water partition coefficient (Wildman–Crippen LogP) is -0.218. The first kappa shape index (κ1) is 10.6. The molecule has 1 unspecified atom stereocenters. The van der Waals surface area contributed by atoms with Crippen molar-refractivity contribution in [2.45, 2.75) is 11.6 Å². The fourth-order valence-corrected chi connectivity index (χ4v) is 1.12. The summed E-state index contributed by atoms with van der Waals surface area (Å²) >= 11 is 0. The summed E-state index contributed by atoms with van der Waals surface area (Å²) < 4.78 is 0. The van der Waals surface area contributed by atoms with Gasteiger partial charge in [0.1, 0.15) is 18.1 Å². The van der Waals surface area contributed by atoms with Gasteiger partial charge in [0.25, 0.3) is 0 Å². The number of rotatable bonds is 4. The van der Waals surface area contributed by atoms with Crippen LogP contribution in [0.2, 0.25) is 0 Å². The van der Waals surface area contributed by atoms with Crippen molar-refractivity contribution in [1.29, 1.82) is 0 Å². The van der Waals surface area contributed by atoms with Crippen LogP contribution >= 0.6 is 0 Å². The van der Waals surface area contributed by atoms with Gasteiger partial charge in [-0.15, -0.1) is 0 Å². The highest BCUT2D eigenvalue weighted by Gasteiger charge is 2.32. The third-order valence-electron chi connectivity index (χ3n) is 2.11. The molecule has 14 heavy (non-hydrogen) atoms. The number of carbonyl (C=O) groups excluding carboxylic acids is 2. The molecule has 0 radical (unpaired) electrons. The molecule has 0 aliphatic rings. The molecule has 74 valence electrons. The Labute approximate surface area is 81.9 Å². The molecule has 1 rings (SSSR count). The molecule has 0 aliphatic heterocycles. The maximum Gasteiger partial charge on any atom is 0.149 e. The molecule has 4 N–H and O–H groups in total. The maximum atomic E-state index is 10.6. The number of hydrogen-bond acceptors (Lipinski definition) is 4. The standard InChI is InChI=1S/C10H12N2O2/c11-9(10(12,6-13)7-14)8-4-2-1-3-5-8/h1-7,9H,11-12H2. The van der Waals surface area contributed by atoms with Gasteiger partial charge in [0.2, 0.25) is 0 Å². The van der Waals surface area contributed by atoms with E-state index in [0.717, 1.165) is 0 Å². The zero-order chi connectivity index (χ0) is 10.6. The summed E-state index contributed by atoms with van der Waals surface area (Å²) in [6.45, 7) is 0. The van der Waals surface area contributed by atoms with Crippen LogP contribution in [0.3, 0.4) is 0 Å². The quantitative estimate of drug-likeness (QED) is 0.510. The van der Waals surface area contributed by atoms with Gasteiger partial charge in [0, 0.05) is 0 Å². The maximum absolute atomic E-state index is 10.6. The van der Waals surface area contributed by atoms with Gasteiger partial charge in [0.15, 0.2) is 0 Å². The lowest BCUT2D eigenvalue weighted by atomic mass is 9.89. The van der Waals surface area contributed by atoms with Crippen LogP contribution in [0.15, 0.2) is 30.3 Å². The molecule has 4 nitrogen and oxygen atoms in total. The van der Waals surface area contributed by atoms with E-state index in [1.165, 1.54) is 0 Å². The number of benzene rings is 1. The second-order valence-electron chi connectivity index (χ2n) is 3.12. The average Bonchev–Trinajstić information content (AvgIpc) is 2.28. The van der Waals surface area contributed by atoms with Crippen LogP contribution in [-0.2, 0) is 9.59 Å². The van der Waals surface area contributed by atoms with Gasteiger partial charge in [-0.3, -0.25) is 0 Å². The molecule has 4 heteroatoms. The minimum atomic E-state index is -1.64. The van der Waals surface area contributed by atoms with Crippen molar-refractivity contribution in [1.82, 2.24) is 0 Å². The second kappa shape index (κ2) is 4.13. The largest absolute Gasteiger partial charge is 0.322 e. The first-order valence-electron chi connectivity index (χ1n) is 4.16. The Morgan fingerprint density at radius 2 is 1.64 bits per heavy atom. The van der Waals surface area contributed by atoms with Crippen molar-refractivity contribution < 1.29 is 9.59 Å². The summed E-state index contributed by atoms with van der Waals surface area (Å²) in [6.07, 6.45) is 0.745. The monoisotopic (exact) mass is 192 g/mol. The predicted molar refractivity (Wildman–Crippen MR) is 52.4 cm³/mol. The van der Waals surface area contributed by atoms with Crippen molar-refractivity contribution in [2.24, 2.45) is 11.5 Å². The van der Waals surface area contributed by atoms with Crippen LogP contribution < -0.4 is 11.5 Å². The Kier molecular flexibility index (Phi) is 3.11. The Balaban J connectivity index is 3.00. The smallest absolute Gasteiger partial charge is 0.149 e. The summed E-state index contributed by atoms with van der Waals surface area (Å²) in [5.41, 5.74) is 10.2. The van der Waals surface area contributed by atoms with E-state index in [4.69, 9.17) is 11.5 Å². The summed E-state index contributed by atoms with van der Waals surface area (Å²) in [5, 5.41) is 0. The van der Waals surface area contributed by atoms with Gasteiger partial charge in [-0.05, 0) is 5.56 Å². The van der Waals surface area contributed by atoms with Crippen LogP contribution in [0.1, 0.15) is 11.6 Å². The van der Waals surface area contributed by atoms with E-state index >= 15 is 0 Å². The van der Waals surface area contributed by atoms with E-state index in [-0.39, 0.29) is 0 Å². The number of aldehydes is 2. The van der Waals surface area contributed by atoms with Gasteiger partial charge in [-0.2, -0.15) is 0 Å². The van der Waals surface area contributed by atoms with Crippen molar-refractivity contribution in [3.8, 4) is 0 Å². The molecule has 0 saturated heterocycles. The van der Waals surface area contributed by atoms with Crippen molar-refractivity contribution in [2.75, 3.05) is 0 Å². The van der Waals surface area contributed by atoms with E-state index in [2.05, 4.69) is 0 Å². The molecule has 0 aliphatic carbocycles. The van der Waals surface area contributed by atoms with E-state index in [9.17, 15) is 9.59 Å². The van der Waals surface area contributed by atoms with Gasteiger partial charge >= 0.3 is 0 Å². The lowest BCUT2D eigenvalue weighted by molar-refractivity contribution is -0.121. The molecule has 0 amide bonds. The van der Waals surface area contributed by atoms with E-state index in [1.807, 2.05) is 6.07 Å². The first-order chi connectivity index (χ1) is 6.64. The molecular formula is C10H12N2O2. The third kappa shape index (κ3) is 1.86. The zero-order valence-corrected chi connectivity index (χ0v) is 7.59. The fourth-order valence-electron chi connectivity index (χ4n) is 1.12. The highest BCUT2D eigenvalue weighted by atomic mass is 16.1. The summed E-state index contributed by atoms with van der Waals surface area (Å²) in [5.74, 6) is 0. The minimum Gasteiger partial charge on any atom is -0.322 e. The number of nitrogens with two attached hydrogens (primary N) is 2. The highest BCUT2D eigenvalue weighted by Crippen LogP contribution is 2.17. The van der Waals surface area contributed by atoms with Gasteiger partial charge in [0.05, 0.1) is 6.04 Å². The second-order valence-corrected chi connectivity index (χ2v) is 3.12. The lowest BCUT2D eigenvalue weighted by Crippen LogP contribution is -2.52. The molecule has 1 aromatic carbocycles. The highest BCUT2D eigenvalue weighted by molar-refractivity contribution is 5.90. The molecule has 0 aromatic heterocycles.